The van der Waals surface area contributed by atoms with Crippen molar-refractivity contribution in [2.45, 2.75) is 0 Å². The molecule has 0 N–H and O–H groups in total. The Balaban J connectivity index is -0.000000000333. The molecule has 0 aromatic rings. The average Bonchev–Trinajstić information content (AvgIpc) is 1.00. The summed E-state index contributed by atoms with van der Waals surface area (Å²) in [4.78, 5) is 0. The monoisotopic (exact) mass is 140 g/mol. The third-order valence-corrected chi connectivity index (χ3v) is 0. The number of rotatable bonds is 0. The zero-order chi connectivity index (χ0) is 2.00. The van der Waals surface area contributed by atoms with Crippen molar-refractivity contribution in [1.82, 2.24) is 0 Å². The average molecular weight is 140 g/mol. The Bertz CT molecular complexity index is 16.0. The van der Waals surface area contributed by atoms with Crippen LogP contribution < -0.4 is 0 Å². The molecule has 0 radical (unpaired) electrons. The van der Waals surface area contributed by atoms with Gasteiger partial charge in [-0.05, 0) is 0 Å². The summed E-state index contributed by atoms with van der Waals surface area (Å²) in [5, 5.41) is 0. The second-order valence-corrected chi connectivity index (χ2v) is 0. The number of hydrogen-bond acceptors (Lipinski definition) is 1. The Labute approximate surface area is 85.0 Å². The van der Waals surface area contributed by atoms with Crippen LogP contribution in [0.5, 0.6) is 0 Å². The Morgan fingerprint density at radius 2 is 1.50 bits per heavy atom. The molecule has 0 saturated carbocycles. The Kier molecular flexibility index (Phi) is 74.3. The second kappa shape index (κ2) is 18.3. The minimum absolute atomic E-state index is 0. The van der Waals surface area contributed by atoms with Crippen LogP contribution in [0.25, 0.3) is 0 Å². The maximum atomic E-state index is 8.00. The summed E-state index contributed by atoms with van der Waals surface area (Å²) in [6, 6.07) is 0. The van der Waals surface area contributed by atoms with Crippen molar-refractivity contribution in [2.75, 3.05) is 0 Å². The van der Waals surface area contributed by atoms with Gasteiger partial charge in [-0.25, -0.2) is 0 Å². The van der Waals surface area contributed by atoms with Crippen LogP contribution in [0.3, 0.4) is 0 Å². The molecule has 0 aromatic carbocycles. The molecule has 0 aliphatic carbocycles. The van der Waals surface area contributed by atoms with E-state index in [1.807, 2.05) is 15.9 Å². The molecule has 0 aromatic heterocycles. The van der Waals surface area contributed by atoms with E-state index >= 15 is 0 Å². The quantitative estimate of drug-likeness (QED) is 0.417. The van der Waals surface area contributed by atoms with Crippen LogP contribution in [-0.4, -0.2) is 60.8 Å². The first kappa shape index (κ1) is 16.2. The molecule has 1 nitrogen and oxygen atoms in total. The predicted molar refractivity (Wildman–Crippen MR) is 16.6 cm³/mol. The van der Waals surface area contributed by atoms with Gasteiger partial charge in [0.1, 0.15) is 0 Å². The van der Waals surface area contributed by atoms with E-state index in [1.54, 1.807) is 0 Å². The van der Waals surface area contributed by atoms with Gasteiger partial charge < -0.3 is 5.71 Å². The summed E-state index contributed by atoms with van der Waals surface area (Å²) in [5.41, 5.74) is 0. The summed E-state index contributed by atoms with van der Waals surface area (Å²) in [6.07, 6.45) is 0. The maximum absolute atomic E-state index is 8.00. The van der Waals surface area contributed by atoms with Crippen LogP contribution in [0.2, 0.25) is 0 Å². The molecule has 0 unspecified atom stereocenters. The van der Waals surface area contributed by atoms with Crippen LogP contribution in [0, 0.1) is 0 Å². The third-order valence-electron chi connectivity index (χ3n) is 0. The van der Waals surface area contributed by atoms with Gasteiger partial charge in [-0.3, -0.25) is 0 Å². The molecule has 4 heteroatoms. The first-order chi connectivity index (χ1) is 1.00. The van der Waals surface area contributed by atoms with Crippen molar-refractivity contribution in [2.24, 2.45) is 0 Å². The van der Waals surface area contributed by atoms with Crippen LogP contribution >= 0.6 is 0 Å². The van der Waals surface area contributed by atoms with Crippen molar-refractivity contribution < 1.29 is 25.5 Å². The van der Waals surface area contributed by atoms with Gasteiger partial charge in [0, 0.05) is 0 Å². The molecular weight excluding hydrogens is 136 g/mol. The van der Waals surface area contributed by atoms with E-state index in [9.17, 15) is 0 Å². The molecule has 0 fully saturated rings. The van der Waals surface area contributed by atoms with Crippen molar-refractivity contribution >= 4 is 60.8 Å². The van der Waals surface area contributed by atoms with E-state index in [-0.39, 0.29) is 66.5 Å². The van der Waals surface area contributed by atoms with Gasteiger partial charge in [0.05, 0.1) is 0 Å². The molecular formula is H4CaFeMgO. The first-order valence-corrected chi connectivity index (χ1v) is 0.595. The van der Waals surface area contributed by atoms with Gasteiger partial charge in [0.15, 0.2) is 0 Å². The molecule has 4 heavy (non-hydrogen) atoms. The second-order valence-electron chi connectivity index (χ2n) is 0. The molecule has 0 heterocycles. The van der Waals surface area contributed by atoms with Gasteiger partial charge >= 0.3 is 80.6 Å². The molecule has 0 atom stereocenters. The van der Waals surface area contributed by atoms with Crippen LogP contribution in [0.4, 0.5) is 0 Å². The molecule has 0 bridgehead atoms. The normalized spacial score (nSPS) is 1.25. The summed E-state index contributed by atoms with van der Waals surface area (Å²) in [5.74, 6) is 0. The van der Waals surface area contributed by atoms with Gasteiger partial charge in [-0.15, -0.1) is 0 Å². The predicted octanol–water partition coefficient (Wildman–Crippen LogP) is -0.433. The van der Waals surface area contributed by atoms with Crippen molar-refractivity contribution in [3.8, 4) is 0 Å². The van der Waals surface area contributed by atoms with Crippen LogP contribution in [0.15, 0.2) is 0 Å². The summed E-state index contributed by atoms with van der Waals surface area (Å²) < 4.78 is 8.00. The first-order valence-electron chi connectivity index (χ1n) is 0.144. The van der Waals surface area contributed by atoms with Gasteiger partial charge in [0.25, 0.3) is 0 Å². The van der Waals surface area contributed by atoms with Crippen molar-refractivity contribution in [3.05, 3.63) is 0 Å². The molecule has 22 valence electrons. The summed E-state index contributed by atoms with van der Waals surface area (Å²) in [6.45, 7) is 0. The Morgan fingerprint density at radius 1 is 1.50 bits per heavy atom. The zero-order valence-corrected chi connectivity index (χ0v) is 6.90. The van der Waals surface area contributed by atoms with Crippen molar-refractivity contribution in [3.63, 3.8) is 0 Å². The third kappa shape index (κ3) is 8.84. The van der Waals surface area contributed by atoms with Crippen LogP contribution in [0.1, 0.15) is 5.71 Å². The topological polar surface area (TPSA) is 17.1 Å². The van der Waals surface area contributed by atoms with Crippen LogP contribution in [-0.2, 0) is 19.8 Å². The number of hydrogen-bond donors (Lipinski definition) is 0. The zero-order valence-electron chi connectivity index (χ0n) is 6.18. The van der Waals surface area contributed by atoms with E-state index in [1.165, 1.54) is 0 Å². The van der Waals surface area contributed by atoms with E-state index in [2.05, 4.69) is 0 Å². The van der Waals surface area contributed by atoms with E-state index in [0.29, 0.717) is 0 Å². The van der Waals surface area contributed by atoms with Gasteiger partial charge in [0.2, 0.25) is 0 Å². The standard InChI is InChI=1S/Ca.Fe.Mg.O.4H/q+2;;+2;;4*-1. The summed E-state index contributed by atoms with van der Waals surface area (Å²) >= 11 is 2.00. The van der Waals surface area contributed by atoms with E-state index in [4.69, 9.17) is 3.83 Å². The minimum atomic E-state index is 0. The molecule has 0 saturated heterocycles. The fourth-order valence-corrected chi connectivity index (χ4v) is 0. The molecule has 0 amide bonds. The van der Waals surface area contributed by atoms with Gasteiger partial charge in [-0.1, -0.05) is 0 Å². The SMILES string of the molecule is [Ca+2].[H-].[H-].[H-].[H-].[Mg+2].[O]=[Fe]. The molecule has 0 aliphatic heterocycles. The van der Waals surface area contributed by atoms with Gasteiger partial charge in [-0.2, -0.15) is 0 Å². The Morgan fingerprint density at radius 3 is 1.50 bits per heavy atom. The molecule has 0 aliphatic rings. The fraction of sp³-hybridized carbons (Fsp3) is 0. The van der Waals surface area contributed by atoms with E-state index in [0.717, 1.165) is 0 Å². The molecule has 0 rings (SSSR count). The molecule has 0 spiro atoms. The fourth-order valence-electron chi connectivity index (χ4n) is 0. The van der Waals surface area contributed by atoms with Crippen molar-refractivity contribution in [1.29, 1.82) is 0 Å². The van der Waals surface area contributed by atoms with E-state index < -0.39 is 0 Å². The summed E-state index contributed by atoms with van der Waals surface area (Å²) in [7, 11) is 0. The Hall–Kier alpha value is 2.35.